The van der Waals surface area contributed by atoms with Gasteiger partial charge in [-0.15, -0.1) is 0 Å². The Kier molecular flexibility index (Phi) is 8.40. The zero-order chi connectivity index (χ0) is 20.3. The van der Waals surface area contributed by atoms with Crippen molar-refractivity contribution in [3.05, 3.63) is 47.6 Å². The molecule has 0 bridgehead atoms. The fourth-order valence-corrected chi connectivity index (χ4v) is 4.13. The molecule has 3 aliphatic rings. The second kappa shape index (κ2) is 10.3. The maximum Gasteiger partial charge on any atom is 0.252 e. The van der Waals surface area contributed by atoms with Crippen LogP contribution in [0.15, 0.2) is 47.6 Å². The van der Waals surface area contributed by atoms with Crippen molar-refractivity contribution in [2.24, 2.45) is 5.92 Å². The zero-order valence-electron chi connectivity index (χ0n) is 18.1. The van der Waals surface area contributed by atoms with Crippen molar-refractivity contribution in [3.8, 4) is 0 Å². The van der Waals surface area contributed by atoms with Crippen LogP contribution in [0.4, 0.5) is 0 Å². The van der Waals surface area contributed by atoms with Crippen molar-refractivity contribution in [3.63, 3.8) is 0 Å². The van der Waals surface area contributed by atoms with Gasteiger partial charge in [0.25, 0.3) is 5.91 Å². The van der Waals surface area contributed by atoms with Crippen LogP contribution in [-0.4, -0.2) is 89.7 Å². The smallest absolute Gasteiger partial charge is 0.252 e. The van der Waals surface area contributed by atoms with Crippen LogP contribution in [0.1, 0.15) is 26.7 Å². The molecule has 3 rings (SSSR count). The van der Waals surface area contributed by atoms with E-state index in [1.807, 2.05) is 17.1 Å². The van der Waals surface area contributed by atoms with Crippen LogP contribution in [0.2, 0.25) is 0 Å². The largest absolute Gasteiger partial charge is 0.412 e. The molecule has 1 saturated heterocycles. The third kappa shape index (κ3) is 5.89. The van der Waals surface area contributed by atoms with Crippen molar-refractivity contribution in [2.45, 2.75) is 38.8 Å². The highest BCUT2D eigenvalue weighted by atomic mass is 16.3. The summed E-state index contributed by atoms with van der Waals surface area (Å²) in [4.78, 5) is 19.6. The van der Waals surface area contributed by atoms with Crippen LogP contribution < -0.4 is 0 Å². The normalized spacial score (nSPS) is 24.2. The first kappa shape index (κ1) is 23.5. The maximum absolute atomic E-state index is 12.8. The second-order valence-corrected chi connectivity index (χ2v) is 8.71. The molecule has 6 nitrogen and oxygen atoms in total. The monoisotopic (exact) mass is 403 g/mol. The average Bonchev–Trinajstić information content (AvgIpc) is 3.10. The molecule has 0 spiro atoms. The minimum Gasteiger partial charge on any atom is -0.412 e. The van der Waals surface area contributed by atoms with Gasteiger partial charge in [0.15, 0.2) is 0 Å². The van der Waals surface area contributed by atoms with Gasteiger partial charge in [0.2, 0.25) is 0 Å². The summed E-state index contributed by atoms with van der Waals surface area (Å²) in [5.74, 6) is 0.315. The van der Waals surface area contributed by atoms with Crippen LogP contribution in [0.3, 0.4) is 0 Å². The second-order valence-electron chi connectivity index (χ2n) is 8.71. The van der Waals surface area contributed by atoms with Crippen molar-refractivity contribution in [1.82, 2.24) is 14.7 Å². The van der Waals surface area contributed by atoms with Gasteiger partial charge in [-0.25, -0.2) is 0 Å². The molecule has 0 saturated carbocycles. The number of hydrogen-bond acceptors (Lipinski definition) is 4. The summed E-state index contributed by atoms with van der Waals surface area (Å²) in [5.41, 5.74) is 2.93. The van der Waals surface area contributed by atoms with E-state index in [0.29, 0.717) is 37.0 Å². The average molecular weight is 404 g/mol. The van der Waals surface area contributed by atoms with E-state index in [1.54, 1.807) is 0 Å². The Hall–Kier alpha value is -1.73. The van der Waals surface area contributed by atoms with Crippen molar-refractivity contribution in [2.75, 3.05) is 46.3 Å². The van der Waals surface area contributed by atoms with Gasteiger partial charge in [0.1, 0.15) is 0 Å². The highest BCUT2D eigenvalue weighted by Crippen LogP contribution is 2.30. The van der Waals surface area contributed by atoms with Crippen LogP contribution in [-0.2, 0) is 4.79 Å². The molecule has 0 aromatic heterocycles. The van der Waals surface area contributed by atoms with Gasteiger partial charge in [-0.05, 0) is 37.0 Å². The molecular weight excluding hydrogens is 366 g/mol. The van der Waals surface area contributed by atoms with E-state index >= 15 is 0 Å². The molecule has 1 aliphatic carbocycles. The minimum atomic E-state index is -0.811. The van der Waals surface area contributed by atoms with E-state index in [1.165, 1.54) is 11.1 Å². The van der Waals surface area contributed by atoms with Gasteiger partial charge >= 0.3 is 0 Å². The minimum absolute atomic E-state index is 0. The first-order chi connectivity index (χ1) is 13.3. The Morgan fingerprint density at radius 3 is 2.62 bits per heavy atom. The Morgan fingerprint density at radius 2 is 1.97 bits per heavy atom. The summed E-state index contributed by atoms with van der Waals surface area (Å²) in [6, 6.07) is 0.442. The number of carbonyl (C=O) groups is 1. The Morgan fingerprint density at radius 1 is 1.28 bits per heavy atom. The number of hydrogen-bond donors (Lipinski definition) is 1. The van der Waals surface area contributed by atoms with Gasteiger partial charge in [-0.3, -0.25) is 9.69 Å². The van der Waals surface area contributed by atoms with Crippen molar-refractivity contribution < 1.29 is 15.4 Å². The van der Waals surface area contributed by atoms with E-state index in [0.717, 1.165) is 32.6 Å². The third-order valence-corrected chi connectivity index (χ3v) is 6.02. The molecular formula is C23H37N3O3. The SMILES string of the molecule is C=C(C(=O)N1CC2=C(CC(N3CCN(C)CC3)C=C2)C1)C(O)C/C=C/C(C)C.O. The number of piperazine rings is 1. The maximum atomic E-state index is 12.8. The van der Waals surface area contributed by atoms with Crippen molar-refractivity contribution >= 4 is 5.91 Å². The lowest BCUT2D eigenvalue weighted by Gasteiger charge is -2.38. The number of nitrogens with zero attached hydrogens (tertiary/aromatic N) is 3. The Bertz CT molecular complexity index is 687. The first-order valence-corrected chi connectivity index (χ1v) is 10.5. The van der Waals surface area contributed by atoms with Gasteiger partial charge in [0.05, 0.1) is 6.10 Å². The summed E-state index contributed by atoms with van der Waals surface area (Å²) < 4.78 is 0. The van der Waals surface area contributed by atoms with Crippen LogP contribution in [0.5, 0.6) is 0 Å². The van der Waals surface area contributed by atoms with Gasteiger partial charge < -0.3 is 20.4 Å². The predicted octanol–water partition coefficient (Wildman–Crippen LogP) is 1.40. The molecule has 1 fully saturated rings. The predicted molar refractivity (Wildman–Crippen MR) is 118 cm³/mol. The standard InChI is InChI=1S/C23H35N3O2.H2O/c1-17(2)6-5-7-22(27)18(3)23(28)26-15-19-8-9-21(14-20(19)16-26)25-12-10-24(4)11-13-25;/h5-6,8-9,17,21-22,27H,3,7,10-16H2,1-2,4H3;1H2/b6-5+;. The molecule has 6 heteroatoms. The van der Waals surface area contributed by atoms with Crippen LogP contribution in [0.25, 0.3) is 0 Å². The topological polar surface area (TPSA) is 78.5 Å². The zero-order valence-corrected chi connectivity index (χ0v) is 18.1. The summed E-state index contributed by atoms with van der Waals surface area (Å²) in [5, 5.41) is 10.3. The summed E-state index contributed by atoms with van der Waals surface area (Å²) in [7, 11) is 2.18. The number of aliphatic hydroxyl groups is 1. The first-order valence-electron chi connectivity index (χ1n) is 10.5. The molecule has 1 amide bonds. The molecule has 0 aromatic rings. The number of carbonyl (C=O) groups excluding carboxylic acids is 1. The fourth-order valence-electron chi connectivity index (χ4n) is 4.13. The fraction of sp³-hybridized carbons (Fsp3) is 0.609. The summed E-state index contributed by atoms with van der Waals surface area (Å²) in [6.07, 6.45) is 9.12. The molecule has 2 heterocycles. The highest BCUT2D eigenvalue weighted by molar-refractivity contribution is 5.94. The third-order valence-electron chi connectivity index (χ3n) is 6.02. The van der Waals surface area contributed by atoms with E-state index in [-0.39, 0.29) is 11.4 Å². The van der Waals surface area contributed by atoms with Gasteiger partial charge in [-0.2, -0.15) is 0 Å². The molecule has 2 aliphatic heterocycles. The number of rotatable bonds is 6. The summed E-state index contributed by atoms with van der Waals surface area (Å²) in [6.45, 7) is 13.8. The summed E-state index contributed by atoms with van der Waals surface area (Å²) >= 11 is 0. The van der Waals surface area contributed by atoms with Gasteiger partial charge in [0, 0.05) is 50.9 Å². The lowest BCUT2D eigenvalue weighted by atomic mass is 9.95. The molecule has 0 aromatic carbocycles. The van der Waals surface area contributed by atoms with E-state index < -0.39 is 6.10 Å². The van der Waals surface area contributed by atoms with Gasteiger partial charge in [-0.1, -0.05) is 44.7 Å². The molecule has 29 heavy (non-hydrogen) atoms. The van der Waals surface area contributed by atoms with E-state index in [2.05, 4.69) is 49.4 Å². The number of allylic oxidation sites excluding steroid dienone is 1. The van der Waals surface area contributed by atoms with Crippen LogP contribution in [0, 0.1) is 5.92 Å². The molecule has 0 radical (unpaired) electrons. The number of amides is 1. The number of aliphatic hydroxyl groups excluding tert-OH is 1. The molecule has 3 N–H and O–H groups in total. The quantitative estimate of drug-likeness (QED) is 0.537. The molecule has 162 valence electrons. The Balaban J connectivity index is 0.00000300. The van der Waals surface area contributed by atoms with Crippen molar-refractivity contribution in [1.29, 1.82) is 0 Å². The molecule has 2 atom stereocenters. The van der Waals surface area contributed by atoms with E-state index in [9.17, 15) is 9.90 Å². The van der Waals surface area contributed by atoms with E-state index in [4.69, 9.17) is 0 Å². The lowest BCUT2D eigenvalue weighted by molar-refractivity contribution is -0.127. The van der Waals surface area contributed by atoms with Crippen LogP contribution >= 0.6 is 0 Å². The molecule has 2 unspecified atom stereocenters. The Labute approximate surface area is 175 Å². The number of likely N-dealkylation sites (N-methyl/N-ethyl adjacent to an activating group) is 1. The highest BCUT2D eigenvalue weighted by Gasteiger charge is 2.32. The lowest BCUT2D eigenvalue weighted by Crippen LogP contribution is -2.48.